The van der Waals surface area contributed by atoms with Crippen molar-refractivity contribution in [2.24, 2.45) is 0 Å². The molecule has 16 heavy (non-hydrogen) atoms. The summed E-state index contributed by atoms with van der Waals surface area (Å²) >= 11 is 5.32. The van der Waals surface area contributed by atoms with E-state index >= 15 is 0 Å². The van der Waals surface area contributed by atoms with Crippen molar-refractivity contribution in [3.63, 3.8) is 0 Å². The maximum Gasteiger partial charge on any atom is 0.183 e. The number of ether oxygens (including phenoxy) is 1. The molecule has 4 heteroatoms. The summed E-state index contributed by atoms with van der Waals surface area (Å²) in [6.45, 7) is 2.09. The van der Waals surface area contributed by atoms with Gasteiger partial charge in [-0.25, -0.2) is 0 Å². The van der Waals surface area contributed by atoms with Gasteiger partial charge in [0.1, 0.15) is 5.75 Å². The van der Waals surface area contributed by atoms with Crippen molar-refractivity contribution in [1.82, 2.24) is 10.2 Å². The Balaban J connectivity index is 2.11. The first-order valence-electron chi connectivity index (χ1n) is 5.42. The molecule has 1 N–H and O–H groups in total. The summed E-state index contributed by atoms with van der Waals surface area (Å²) in [5.41, 5.74) is 0.886. The van der Waals surface area contributed by atoms with Crippen molar-refractivity contribution in [3.05, 3.63) is 29.8 Å². The highest BCUT2D eigenvalue weighted by Gasteiger charge is 2.45. The second-order valence-electron chi connectivity index (χ2n) is 4.58. The lowest BCUT2D eigenvalue weighted by Crippen LogP contribution is -2.62. The fourth-order valence-corrected chi connectivity index (χ4v) is 2.76. The van der Waals surface area contributed by atoms with Gasteiger partial charge >= 0.3 is 0 Å². The third-order valence-electron chi connectivity index (χ3n) is 3.52. The fourth-order valence-electron chi connectivity index (χ4n) is 2.42. The van der Waals surface area contributed by atoms with Crippen LogP contribution in [0.15, 0.2) is 24.3 Å². The van der Waals surface area contributed by atoms with Crippen molar-refractivity contribution < 1.29 is 4.74 Å². The Morgan fingerprint density at radius 1 is 1.50 bits per heavy atom. The first-order valence-corrected chi connectivity index (χ1v) is 5.83. The molecule has 1 aromatic carbocycles. The van der Waals surface area contributed by atoms with Crippen LogP contribution in [-0.4, -0.2) is 22.8 Å². The number of para-hydroxylation sites is 1. The van der Waals surface area contributed by atoms with Gasteiger partial charge in [-0.3, -0.25) is 0 Å². The number of nitrogens with one attached hydrogen (secondary N) is 1. The highest BCUT2D eigenvalue weighted by Crippen LogP contribution is 2.43. The van der Waals surface area contributed by atoms with Gasteiger partial charge in [-0.15, -0.1) is 0 Å². The van der Waals surface area contributed by atoms with Crippen molar-refractivity contribution in [2.75, 3.05) is 7.05 Å². The number of hydrogen-bond donors (Lipinski definition) is 1. The largest absolute Gasteiger partial charge is 0.468 e. The van der Waals surface area contributed by atoms with Crippen LogP contribution in [-0.2, 0) is 0 Å². The number of rotatable bonds is 0. The maximum absolute atomic E-state index is 6.07. The summed E-state index contributed by atoms with van der Waals surface area (Å²) in [4.78, 5) is 1.99. The molecule has 1 fully saturated rings. The van der Waals surface area contributed by atoms with Gasteiger partial charge in [0.15, 0.2) is 10.8 Å². The minimum atomic E-state index is -0.318. The first-order chi connectivity index (χ1) is 7.60. The zero-order chi connectivity index (χ0) is 11.3. The molecule has 84 valence electrons. The zero-order valence-electron chi connectivity index (χ0n) is 9.36. The van der Waals surface area contributed by atoms with Gasteiger partial charge in [-0.1, -0.05) is 18.2 Å². The summed E-state index contributed by atoms with van der Waals surface area (Å²) in [5, 5.41) is 4.11. The van der Waals surface area contributed by atoms with E-state index in [4.69, 9.17) is 17.0 Å². The van der Waals surface area contributed by atoms with Crippen LogP contribution in [0.4, 0.5) is 0 Å². The number of benzene rings is 1. The minimum absolute atomic E-state index is 0.277. The van der Waals surface area contributed by atoms with Crippen LogP contribution in [0.3, 0.4) is 0 Å². The predicted octanol–water partition coefficient (Wildman–Crippen LogP) is 2.05. The average Bonchev–Trinajstić information content (AvgIpc) is 2.26. The van der Waals surface area contributed by atoms with E-state index in [0.29, 0.717) is 0 Å². The maximum atomic E-state index is 6.07. The van der Waals surface area contributed by atoms with Gasteiger partial charge in [-0.2, -0.15) is 0 Å². The van der Waals surface area contributed by atoms with Crippen molar-refractivity contribution in [2.45, 2.75) is 25.1 Å². The van der Waals surface area contributed by atoms with Crippen molar-refractivity contribution in [1.29, 1.82) is 0 Å². The van der Waals surface area contributed by atoms with Crippen LogP contribution < -0.4 is 10.1 Å². The minimum Gasteiger partial charge on any atom is -0.468 e. The molecular formula is C12H14N2OS. The summed E-state index contributed by atoms with van der Waals surface area (Å²) in [7, 11) is 1.97. The molecule has 2 aliphatic rings. The van der Waals surface area contributed by atoms with Crippen LogP contribution in [0, 0.1) is 0 Å². The third kappa shape index (κ3) is 1.23. The van der Waals surface area contributed by atoms with Gasteiger partial charge in [0.2, 0.25) is 0 Å². The van der Waals surface area contributed by atoms with Gasteiger partial charge in [0, 0.05) is 19.0 Å². The van der Waals surface area contributed by atoms with Gasteiger partial charge in [-0.05, 0) is 25.2 Å². The SMILES string of the molecule is CN1C(=S)NC2CC1(C)Oc1ccccc12. The molecular weight excluding hydrogens is 220 g/mol. The molecule has 1 aromatic rings. The molecule has 3 nitrogen and oxygen atoms in total. The molecule has 0 aliphatic carbocycles. The highest BCUT2D eigenvalue weighted by molar-refractivity contribution is 7.80. The Hall–Kier alpha value is -1.29. The molecule has 0 amide bonds. The Morgan fingerprint density at radius 3 is 3.06 bits per heavy atom. The molecule has 0 aromatic heterocycles. The van der Waals surface area contributed by atoms with E-state index in [0.717, 1.165) is 17.3 Å². The highest BCUT2D eigenvalue weighted by atomic mass is 32.1. The van der Waals surface area contributed by atoms with Crippen LogP contribution >= 0.6 is 12.2 Å². The number of hydrogen-bond acceptors (Lipinski definition) is 2. The molecule has 0 saturated carbocycles. The number of fused-ring (bicyclic) bond motifs is 4. The molecule has 2 bridgehead atoms. The second kappa shape index (κ2) is 3.10. The van der Waals surface area contributed by atoms with E-state index in [1.807, 2.05) is 30.1 Å². The lowest BCUT2D eigenvalue weighted by atomic mass is 9.91. The van der Waals surface area contributed by atoms with E-state index in [9.17, 15) is 0 Å². The molecule has 2 unspecified atom stereocenters. The summed E-state index contributed by atoms with van der Waals surface area (Å²) < 4.78 is 6.07. The summed E-state index contributed by atoms with van der Waals surface area (Å²) in [6.07, 6.45) is 0.917. The Morgan fingerprint density at radius 2 is 2.25 bits per heavy atom. The van der Waals surface area contributed by atoms with Gasteiger partial charge in [0.05, 0.1) is 6.04 Å². The Kier molecular flexibility index (Phi) is 1.92. The topological polar surface area (TPSA) is 24.5 Å². The predicted molar refractivity (Wildman–Crippen MR) is 66.3 cm³/mol. The third-order valence-corrected chi connectivity index (χ3v) is 3.91. The summed E-state index contributed by atoms with van der Waals surface area (Å²) in [5.74, 6) is 0.961. The standard InChI is InChI=1S/C12H14N2OS/c1-12-7-9(13-11(16)14(12)2)8-5-3-4-6-10(8)15-12/h3-6,9H,7H2,1-2H3,(H,13,16). The average molecular weight is 234 g/mol. The van der Waals surface area contributed by atoms with Crippen molar-refractivity contribution >= 4 is 17.3 Å². The van der Waals surface area contributed by atoms with Crippen LogP contribution in [0.5, 0.6) is 5.75 Å². The molecule has 0 radical (unpaired) electrons. The molecule has 2 atom stereocenters. The molecule has 1 saturated heterocycles. The Bertz CT molecular complexity index is 462. The number of thiocarbonyl (C=S) groups is 1. The normalized spacial score (nSPS) is 31.5. The molecule has 2 aliphatic heterocycles. The molecule has 3 rings (SSSR count). The monoisotopic (exact) mass is 234 g/mol. The molecule has 2 heterocycles. The van der Waals surface area contributed by atoms with E-state index in [1.165, 1.54) is 5.56 Å². The van der Waals surface area contributed by atoms with E-state index in [1.54, 1.807) is 0 Å². The van der Waals surface area contributed by atoms with Crippen LogP contribution in [0.25, 0.3) is 0 Å². The van der Waals surface area contributed by atoms with E-state index in [2.05, 4.69) is 18.3 Å². The van der Waals surface area contributed by atoms with Gasteiger partial charge < -0.3 is 15.0 Å². The van der Waals surface area contributed by atoms with E-state index in [-0.39, 0.29) is 11.8 Å². The fraction of sp³-hybridized carbons (Fsp3) is 0.417. The van der Waals surface area contributed by atoms with Crippen molar-refractivity contribution in [3.8, 4) is 5.75 Å². The first kappa shape index (κ1) is 9.90. The molecule has 0 spiro atoms. The Labute approximate surface area is 100 Å². The lowest BCUT2D eigenvalue weighted by molar-refractivity contribution is -0.0561. The quantitative estimate of drug-likeness (QED) is 0.694. The van der Waals surface area contributed by atoms with Gasteiger partial charge in [0.25, 0.3) is 0 Å². The lowest BCUT2D eigenvalue weighted by Gasteiger charge is -2.50. The second-order valence-corrected chi connectivity index (χ2v) is 4.97. The summed E-state index contributed by atoms with van der Waals surface area (Å²) in [6, 6.07) is 8.43. The van der Waals surface area contributed by atoms with E-state index < -0.39 is 0 Å². The van der Waals surface area contributed by atoms with Crippen LogP contribution in [0.1, 0.15) is 24.9 Å². The number of nitrogens with zero attached hydrogens (tertiary/aromatic N) is 1. The zero-order valence-corrected chi connectivity index (χ0v) is 10.2. The van der Waals surface area contributed by atoms with Crippen LogP contribution in [0.2, 0.25) is 0 Å². The smallest absolute Gasteiger partial charge is 0.183 e.